The van der Waals surface area contributed by atoms with Crippen molar-refractivity contribution in [3.63, 3.8) is 0 Å². The Labute approximate surface area is 201 Å². The zero-order valence-electron chi connectivity index (χ0n) is 18.4. The smallest absolute Gasteiger partial charge is 0.237 e. The number of rotatable bonds is 6. The lowest BCUT2D eigenvalue weighted by molar-refractivity contribution is -0.115. The summed E-state index contributed by atoms with van der Waals surface area (Å²) in [5, 5.41) is 12.7. The number of fused-ring (bicyclic) bond motifs is 1. The predicted molar refractivity (Wildman–Crippen MR) is 136 cm³/mol. The summed E-state index contributed by atoms with van der Waals surface area (Å²) in [6.07, 6.45) is 1.74. The normalized spacial score (nSPS) is 11.8. The van der Waals surface area contributed by atoms with Crippen LogP contribution >= 0.6 is 11.8 Å². The monoisotopic (exact) mass is 463 g/mol. The molecule has 34 heavy (non-hydrogen) atoms. The number of pyridine rings is 1. The summed E-state index contributed by atoms with van der Waals surface area (Å²) in [5.41, 5.74) is 4.88. The fraction of sp³-hybridized carbons (Fsp3) is 0.0741. The maximum Gasteiger partial charge on any atom is 0.237 e. The van der Waals surface area contributed by atoms with Crippen molar-refractivity contribution in [3.05, 3.63) is 97.2 Å². The topological polar surface area (TPSA) is 80.7 Å². The number of hydrogen-bond donors (Lipinski definition) is 1. The van der Waals surface area contributed by atoms with E-state index in [9.17, 15) is 4.79 Å². The molecule has 166 valence electrons. The first-order valence-corrected chi connectivity index (χ1v) is 11.7. The maximum atomic E-state index is 13.0. The highest BCUT2D eigenvalue weighted by atomic mass is 32.2. The van der Waals surface area contributed by atoms with Crippen molar-refractivity contribution in [3.8, 4) is 22.5 Å². The molecule has 1 N–H and O–H groups in total. The van der Waals surface area contributed by atoms with E-state index in [1.165, 1.54) is 11.8 Å². The summed E-state index contributed by atoms with van der Waals surface area (Å²) in [6.45, 7) is 1.83. The average Bonchev–Trinajstić information content (AvgIpc) is 2.90. The number of nitrogens with zero attached hydrogens (tertiary/aromatic N) is 4. The van der Waals surface area contributed by atoms with Gasteiger partial charge in [-0.3, -0.25) is 9.78 Å². The van der Waals surface area contributed by atoms with Crippen LogP contribution in [0, 0.1) is 0 Å². The zero-order valence-corrected chi connectivity index (χ0v) is 19.2. The second kappa shape index (κ2) is 9.80. The average molecular weight is 464 g/mol. The summed E-state index contributed by atoms with van der Waals surface area (Å²) in [7, 11) is 0. The number of carbonyl (C=O) groups excluding carboxylic acids is 1. The van der Waals surface area contributed by atoms with Crippen LogP contribution in [0.25, 0.3) is 33.4 Å². The van der Waals surface area contributed by atoms with Gasteiger partial charge in [-0.2, -0.15) is 0 Å². The van der Waals surface area contributed by atoms with E-state index in [2.05, 4.69) is 20.5 Å². The largest absolute Gasteiger partial charge is 0.324 e. The Balaban J connectivity index is 1.41. The van der Waals surface area contributed by atoms with Gasteiger partial charge in [-0.15, -0.1) is 10.2 Å². The number of amides is 1. The summed E-state index contributed by atoms with van der Waals surface area (Å²) in [4.78, 5) is 22.1. The maximum absolute atomic E-state index is 13.0. The van der Waals surface area contributed by atoms with E-state index in [0.29, 0.717) is 10.9 Å². The predicted octanol–water partition coefficient (Wildman–Crippen LogP) is 5.87. The Morgan fingerprint density at radius 2 is 1.50 bits per heavy atom. The van der Waals surface area contributed by atoms with Crippen molar-refractivity contribution in [2.24, 2.45) is 0 Å². The molecule has 1 unspecified atom stereocenters. The third kappa shape index (κ3) is 4.65. The van der Waals surface area contributed by atoms with Crippen molar-refractivity contribution in [2.45, 2.75) is 17.3 Å². The van der Waals surface area contributed by atoms with Crippen LogP contribution in [0.2, 0.25) is 0 Å². The Kier molecular flexibility index (Phi) is 6.27. The third-order valence-electron chi connectivity index (χ3n) is 5.32. The fourth-order valence-electron chi connectivity index (χ4n) is 3.61. The van der Waals surface area contributed by atoms with Crippen LogP contribution in [0.1, 0.15) is 6.92 Å². The Bertz CT molecular complexity index is 1440. The first-order chi connectivity index (χ1) is 16.7. The molecule has 2 heterocycles. The Hall–Kier alpha value is -4.10. The Morgan fingerprint density at radius 3 is 2.24 bits per heavy atom. The molecule has 3 aromatic carbocycles. The van der Waals surface area contributed by atoms with Gasteiger partial charge >= 0.3 is 0 Å². The molecule has 2 aromatic heterocycles. The zero-order chi connectivity index (χ0) is 23.3. The van der Waals surface area contributed by atoms with Gasteiger partial charge in [0.2, 0.25) is 11.1 Å². The van der Waals surface area contributed by atoms with E-state index >= 15 is 0 Å². The number of hydrogen-bond acceptors (Lipinski definition) is 6. The summed E-state index contributed by atoms with van der Waals surface area (Å²) in [5.74, 6) is -0.140. The SMILES string of the molecule is CC(Sc1nnc(-c2ccccc2)c(-c2ccccc2)n1)C(=O)Nc1cccc2ncccc12. The van der Waals surface area contributed by atoms with Crippen molar-refractivity contribution < 1.29 is 4.79 Å². The van der Waals surface area contributed by atoms with Crippen LogP contribution in [0.4, 0.5) is 5.69 Å². The van der Waals surface area contributed by atoms with Gasteiger partial charge < -0.3 is 5.32 Å². The molecule has 0 bridgehead atoms. The number of thioether (sulfide) groups is 1. The first kappa shape index (κ1) is 21.7. The van der Waals surface area contributed by atoms with E-state index in [-0.39, 0.29) is 5.91 Å². The van der Waals surface area contributed by atoms with Gasteiger partial charge in [-0.1, -0.05) is 78.5 Å². The summed E-state index contributed by atoms with van der Waals surface area (Å²) >= 11 is 1.28. The van der Waals surface area contributed by atoms with Crippen LogP contribution in [-0.2, 0) is 4.79 Å². The molecule has 1 atom stereocenters. The molecule has 5 rings (SSSR count). The standard InChI is InChI=1S/C27H21N5OS/c1-18(26(33)29-23-16-8-15-22-21(23)14-9-17-28-22)34-27-30-24(19-10-4-2-5-11-19)25(31-32-27)20-12-6-3-7-13-20/h2-18H,1H3,(H,29,33). The lowest BCUT2D eigenvalue weighted by atomic mass is 10.0. The molecule has 0 radical (unpaired) electrons. The molecule has 0 aliphatic rings. The second-order valence-corrected chi connectivity index (χ2v) is 8.96. The van der Waals surface area contributed by atoms with E-state index in [4.69, 9.17) is 4.98 Å². The van der Waals surface area contributed by atoms with Gasteiger partial charge in [-0.25, -0.2) is 4.98 Å². The molecule has 0 fully saturated rings. The summed E-state index contributed by atoms with van der Waals surface area (Å²) in [6, 6.07) is 29.2. The van der Waals surface area contributed by atoms with Crippen LogP contribution in [0.15, 0.2) is 102 Å². The van der Waals surface area contributed by atoms with Gasteiger partial charge in [0.05, 0.1) is 16.5 Å². The number of carbonyl (C=O) groups is 1. The van der Waals surface area contributed by atoms with Crippen molar-refractivity contribution >= 4 is 34.3 Å². The van der Waals surface area contributed by atoms with Crippen LogP contribution in [0.5, 0.6) is 0 Å². The van der Waals surface area contributed by atoms with Gasteiger partial charge in [0.1, 0.15) is 11.4 Å². The van der Waals surface area contributed by atoms with Crippen molar-refractivity contribution in [2.75, 3.05) is 5.32 Å². The molecule has 0 spiro atoms. The Morgan fingerprint density at radius 1 is 0.794 bits per heavy atom. The highest BCUT2D eigenvalue weighted by Gasteiger charge is 2.20. The number of anilines is 1. The van der Waals surface area contributed by atoms with E-state index in [1.54, 1.807) is 6.20 Å². The van der Waals surface area contributed by atoms with Gasteiger partial charge in [0, 0.05) is 22.7 Å². The van der Waals surface area contributed by atoms with Crippen LogP contribution in [-0.4, -0.2) is 31.3 Å². The number of nitrogens with one attached hydrogen (secondary N) is 1. The minimum absolute atomic E-state index is 0.140. The molecule has 1 amide bonds. The minimum atomic E-state index is -0.431. The van der Waals surface area contributed by atoms with Crippen LogP contribution in [0.3, 0.4) is 0 Å². The molecule has 0 aliphatic carbocycles. The summed E-state index contributed by atoms with van der Waals surface area (Å²) < 4.78 is 0. The molecule has 7 heteroatoms. The number of aromatic nitrogens is 4. The second-order valence-electron chi connectivity index (χ2n) is 7.65. The highest BCUT2D eigenvalue weighted by molar-refractivity contribution is 8.00. The van der Waals surface area contributed by atoms with Crippen LogP contribution < -0.4 is 5.32 Å². The molecular formula is C27H21N5OS. The highest BCUT2D eigenvalue weighted by Crippen LogP contribution is 2.31. The van der Waals surface area contributed by atoms with Gasteiger partial charge in [-0.05, 0) is 31.2 Å². The molecule has 0 aliphatic heterocycles. The molecule has 6 nitrogen and oxygen atoms in total. The van der Waals surface area contributed by atoms with Gasteiger partial charge in [0.25, 0.3) is 0 Å². The van der Waals surface area contributed by atoms with Crippen molar-refractivity contribution in [1.29, 1.82) is 0 Å². The molecule has 0 saturated heterocycles. The van der Waals surface area contributed by atoms with E-state index in [0.717, 1.165) is 33.4 Å². The molecule has 0 saturated carbocycles. The molecular weight excluding hydrogens is 442 g/mol. The fourth-order valence-corrected chi connectivity index (χ4v) is 4.32. The van der Waals surface area contributed by atoms with Gasteiger partial charge in [0.15, 0.2) is 0 Å². The number of benzene rings is 3. The lowest BCUT2D eigenvalue weighted by Gasteiger charge is -2.14. The quantitative estimate of drug-likeness (QED) is 0.317. The lowest BCUT2D eigenvalue weighted by Crippen LogP contribution is -2.23. The van der Waals surface area contributed by atoms with E-state index < -0.39 is 5.25 Å². The minimum Gasteiger partial charge on any atom is -0.324 e. The molecule has 5 aromatic rings. The first-order valence-electron chi connectivity index (χ1n) is 10.9. The third-order valence-corrected chi connectivity index (χ3v) is 6.27. The van der Waals surface area contributed by atoms with Crippen molar-refractivity contribution in [1.82, 2.24) is 20.2 Å². The van der Waals surface area contributed by atoms with E-state index in [1.807, 2.05) is 97.9 Å².